The topological polar surface area (TPSA) is 38.1 Å². The smallest absolute Gasteiger partial charge is 0.249 e. The van der Waals surface area contributed by atoms with Crippen molar-refractivity contribution in [1.82, 2.24) is 14.7 Å². The highest BCUT2D eigenvalue weighted by atomic mass is 35.5. The quantitative estimate of drug-likeness (QED) is 0.872. The lowest BCUT2D eigenvalue weighted by Gasteiger charge is -2.28. The zero-order valence-corrected chi connectivity index (χ0v) is 13.8. The van der Waals surface area contributed by atoms with Crippen LogP contribution in [0.3, 0.4) is 0 Å². The number of aryl methyl sites for hydroxylation is 1. The first-order chi connectivity index (χ1) is 9.75. The maximum absolute atomic E-state index is 12.4. The van der Waals surface area contributed by atoms with Crippen molar-refractivity contribution in [3.05, 3.63) is 41.0 Å². The maximum atomic E-state index is 12.4. The van der Waals surface area contributed by atoms with Gasteiger partial charge < -0.3 is 4.90 Å². The second-order valence-electron chi connectivity index (χ2n) is 5.82. The van der Waals surface area contributed by atoms with Crippen molar-refractivity contribution in [2.24, 2.45) is 0 Å². The monoisotopic (exact) mass is 305 g/mol. The van der Waals surface area contributed by atoms with Gasteiger partial charge in [0.2, 0.25) is 5.91 Å². The average Bonchev–Trinajstić information content (AvgIpc) is 2.80. The lowest BCUT2D eigenvalue weighted by atomic mass is 10.0. The molecule has 112 valence electrons. The molecule has 0 radical (unpaired) electrons. The lowest BCUT2D eigenvalue weighted by molar-refractivity contribution is -0.137. The first-order valence-corrected chi connectivity index (χ1v) is 7.16. The van der Waals surface area contributed by atoms with Crippen LogP contribution in [0.5, 0.6) is 0 Å². The molecule has 0 aliphatic heterocycles. The molecule has 2 aromatic rings. The number of hydrogen-bond donors (Lipinski definition) is 0. The molecule has 0 atom stereocenters. The predicted molar refractivity (Wildman–Crippen MR) is 85.4 cm³/mol. The number of halogens is 1. The fourth-order valence-electron chi connectivity index (χ4n) is 2.48. The van der Waals surface area contributed by atoms with Crippen LogP contribution in [-0.4, -0.2) is 34.7 Å². The van der Waals surface area contributed by atoms with Crippen molar-refractivity contribution in [3.63, 3.8) is 0 Å². The molecule has 0 fully saturated rings. The molecule has 0 aliphatic rings. The Bertz CT molecular complexity index is 674. The van der Waals surface area contributed by atoms with Gasteiger partial charge in [-0.2, -0.15) is 5.10 Å². The molecule has 1 aromatic carbocycles. The summed E-state index contributed by atoms with van der Waals surface area (Å²) in [7, 11) is 3.50. The standard InChI is InChI=1S/C16H20ClN3O/c1-11-10-14(12-8-6-7-9-13(12)17)18-20(11)16(2,3)15(21)19(4)5/h6-10H,1-5H3. The van der Waals surface area contributed by atoms with E-state index in [0.717, 1.165) is 17.0 Å². The molecule has 0 saturated heterocycles. The van der Waals surface area contributed by atoms with E-state index in [1.165, 1.54) is 0 Å². The Labute approximate surface area is 130 Å². The number of aromatic nitrogens is 2. The first-order valence-electron chi connectivity index (χ1n) is 6.79. The van der Waals surface area contributed by atoms with Gasteiger partial charge in [0, 0.05) is 25.4 Å². The van der Waals surface area contributed by atoms with Crippen molar-refractivity contribution in [3.8, 4) is 11.3 Å². The van der Waals surface area contributed by atoms with Crippen LogP contribution in [0.1, 0.15) is 19.5 Å². The minimum atomic E-state index is -0.743. The number of likely N-dealkylation sites (N-methyl/N-ethyl adjacent to an activating group) is 1. The summed E-state index contributed by atoms with van der Waals surface area (Å²) < 4.78 is 1.76. The molecule has 5 heteroatoms. The normalized spacial score (nSPS) is 11.5. The molecule has 0 unspecified atom stereocenters. The Morgan fingerprint density at radius 1 is 1.29 bits per heavy atom. The van der Waals surface area contributed by atoms with Crippen molar-refractivity contribution in [1.29, 1.82) is 0 Å². The molecule has 0 bridgehead atoms. The van der Waals surface area contributed by atoms with Crippen molar-refractivity contribution < 1.29 is 4.79 Å². The molecule has 0 saturated carbocycles. The second-order valence-corrected chi connectivity index (χ2v) is 6.23. The van der Waals surface area contributed by atoms with Crippen molar-refractivity contribution in [2.75, 3.05) is 14.1 Å². The van der Waals surface area contributed by atoms with Gasteiger partial charge in [-0.05, 0) is 32.9 Å². The van der Waals surface area contributed by atoms with Gasteiger partial charge in [-0.15, -0.1) is 0 Å². The van der Waals surface area contributed by atoms with Gasteiger partial charge >= 0.3 is 0 Å². The van der Waals surface area contributed by atoms with E-state index in [0.29, 0.717) is 5.02 Å². The van der Waals surface area contributed by atoms with Crippen LogP contribution in [-0.2, 0) is 10.3 Å². The van der Waals surface area contributed by atoms with Gasteiger partial charge in [0.25, 0.3) is 0 Å². The predicted octanol–water partition coefficient (Wildman–Crippen LogP) is 3.34. The van der Waals surface area contributed by atoms with Crippen LogP contribution in [0.4, 0.5) is 0 Å². The number of hydrogen-bond acceptors (Lipinski definition) is 2. The molecule has 4 nitrogen and oxygen atoms in total. The number of amides is 1. The van der Waals surface area contributed by atoms with E-state index < -0.39 is 5.54 Å². The summed E-state index contributed by atoms with van der Waals surface area (Å²) in [5, 5.41) is 5.25. The Morgan fingerprint density at radius 2 is 1.90 bits per heavy atom. The number of nitrogens with zero attached hydrogens (tertiary/aromatic N) is 3. The van der Waals surface area contributed by atoms with Crippen LogP contribution in [0.15, 0.2) is 30.3 Å². The van der Waals surface area contributed by atoms with E-state index >= 15 is 0 Å². The largest absolute Gasteiger partial charge is 0.347 e. The highest BCUT2D eigenvalue weighted by Gasteiger charge is 2.33. The highest BCUT2D eigenvalue weighted by molar-refractivity contribution is 6.33. The van der Waals surface area contributed by atoms with Gasteiger partial charge in [0.1, 0.15) is 5.54 Å². The maximum Gasteiger partial charge on any atom is 0.249 e. The average molecular weight is 306 g/mol. The molecule has 1 heterocycles. The Kier molecular flexibility index (Phi) is 4.10. The third-order valence-electron chi connectivity index (χ3n) is 3.50. The van der Waals surface area contributed by atoms with E-state index in [4.69, 9.17) is 11.6 Å². The molecule has 1 amide bonds. The summed E-state index contributed by atoms with van der Waals surface area (Å²) in [4.78, 5) is 13.9. The van der Waals surface area contributed by atoms with E-state index in [2.05, 4.69) is 5.10 Å². The summed E-state index contributed by atoms with van der Waals surface area (Å²) in [5.74, 6) is -0.000548. The van der Waals surface area contributed by atoms with Crippen molar-refractivity contribution >= 4 is 17.5 Å². The Hall–Kier alpha value is -1.81. The minimum absolute atomic E-state index is 0.000548. The summed E-state index contributed by atoms with van der Waals surface area (Å²) in [6.45, 7) is 5.68. The molecule has 0 N–H and O–H groups in total. The molecule has 0 aliphatic carbocycles. The molecule has 0 spiro atoms. The molecular weight excluding hydrogens is 286 g/mol. The zero-order chi connectivity index (χ0) is 15.8. The summed E-state index contributed by atoms with van der Waals surface area (Å²) in [6.07, 6.45) is 0. The van der Waals surface area contributed by atoms with E-state index in [1.807, 2.05) is 51.1 Å². The van der Waals surface area contributed by atoms with E-state index in [9.17, 15) is 4.79 Å². The molecule has 2 rings (SSSR count). The fraction of sp³-hybridized carbons (Fsp3) is 0.375. The van der Waals surface area contributed by atoms with Crippen LogP contribution in [0.25, 0.3) is 11.3 Å². The van der Waals surface area contributed by atoms with Crippen molar-refractivity contribution in [2.45, 2.75) is 26.3 Å². The minimum Gasteiger partial charge on any atom is -0.347 e. The summed E-state index contributed by atoms with van der Waals surface area (Å²) in [6, 6.07) is 9.52. The van der Waals surface area contributed by atoms with Crippen LogP contribution >= 0.6 is 11.6 Å². The number of carbonyl (C=O) groups excluding carboxylic acids is 1. The van der Waals surface area contributed by atoms with Gasteiger partial charge in [-0.3, -0.25) is 9.48 Å². The Morgan fingerprint density at radius 3 is 2.48 bits per heavy atom. The molecule has 21 heavy (non-hydrogen) atoms. The third kappa shape index (κ3) is 2.81. The first kappa shape index (κ1) is 15.6. The van der Waals surface area contributed by atoms with Crippen LogP contribution < -0.4 is 0 Å². The number of carbonyl (C=O) groups is 1. The molecule has 1 aromatic heterocycles. The van der Waals surface area contributed by atoms with Gasteiger partial charge in [0.15, 0.2) is 0 Å². The number of rotatable bonds is 3. The lowest BCUT2D eigenvalue weighted by Crippen LogP contribution is -2.44. The van der Waals surface area contributed by atoms with Gasteiger partial charge in [-0.1, -0.05) is 29.8 Å². The van der Waals surface area contributed by atoms with Gasteiger partial charge in [-0.25, -0.2) is 0 Å². The van der Waals surface area contributed by atoms with Crippen LogP contribution in [0.2, 0.25) is 5.02 Å². The number of benzene rings is 1. The summed E-state index contributed by atoms with van der Waals surface area (Å²) in [5.41, 5.74) is 1.82. The zero-order valence-electron chi connectivity index (χ0n) is 13.0. The van der Waals surface area contributed by atoms with Gasteiger partial charge in [0.05, 0.1) is 10.7 Å². The SMILES string of the molecule is Cc1cc(-c2ccccc2Cl)nn1C(C)(C)C(=O)N(C)C. The second kappa shape index (κ2) is 5.53. The van der Waals surface area contributed by atoms with E-state index in [-0.39, 0.29) is 5.91 Å². The van der Waals surface area contributed by atoms with E-state index in [1.54, 1.807) is 23.7 Å². The highest BCUT2D eigenvalue weighted by Crippen LogP contribution is 2.29. The third-order valence-corrected chi connectivity index (χ3v) is 3.83. The summed E-state index contributed by atoms with van der Waals surface area (Å²) >= 11 is 6.22. The molecular formula is C16H20ClN3O. The Balaban J connectivity index is 2.50. The fourth-order valence-corrected chi connectivity index (χ4v) is 2.71. The van der Waals surface area contributed by atoms with Crippen LogP contribution in [0, 0.1) is 6.92 Å².